The lowest BCUT2D eigenvalue weighted by molar-refractivity contribution is 0.588. The number of benzene rings is 3. The molecule has 5 rings (SSSR count). The number of hydrogen-bond donors (Lipinski definition) is 1. The number of nitrogens with one attached hydrogen (secondary N) is 1. The Bertz CT molecular complexity index is 1950. The summed E-state index contributed by atoms with van der Waals surface area (Å²) in [5.41, 5.74) is 6.18. The Morgan fingerprint density at radius 2 is 1.40 bits per heavy atom. The average Bonchev–Trinajstić information content (AvgIpc) is 3.34. The van der Waals surface area contributed by atoms with Crippen LogP contribution in [0, 0.1) is 0 Å². The molecular weight excluding hydrogens is 607 g/mol. The Kier molecular flexibility index (Phi) is 10.4. The number of rotatable bonds is 13. The highest BCUT2D eigenvalue weighted by molar-refractivity contribution is 7.92. The molecule has 8 nitrogen and oxygen atoms in total. The first-order valence-electron chi connectivity index (χ1n) is 16.4. The third-order valence-corrected chi connectivity index (χ3v) is 9.71. The van der Waals surface area contributed by atoms with E-state index in [2.05, 4.69) is 73.8 Å². The second kappa shape index (κ2) is 14.5. The maximum absolute atomic E-state index is 13.1. The maximum Gasteiger partial charge on any atom is 0.346 e. The molecule has 1 N–H and O–H groups in total. The number of nitrogens with zero attached hydrogens (tertiary/aromatic N) is 4. The van der Waals surface area contributed by atoms with E-state index in [9.17, 15) is 13.2 Å². The van der Waals surface area contributed by atoms with E-state index >= 15 is 0 Å². The summed E-state index contributed by atoms with van der Waals surface area (Å²) in [6, 6.07) is 28.9. The van der Waals surface area contributed by atoms with Gasteiger partial charge in [0.05, 0.1) is 17.1 Å². The Hall–Kier alpha value is -4.50. The maximum atomic E-state index is 13.1. The van der Waals surface area contributed by atoms with Crippen molar-refractivity contribution in [3.05, 3.63) is 130 Å². The van der Waals surface area contributed by atoms with E-state index in [-0.39, 0.29) is 21.8 Å². The Balaban J connectivity index is 1.19. The summed E-state index contributed by atoms with van der Waals surface area (Å²) < 4.78 is 31.9. The minimum Gasteiger partial charge on any atom is -0.279 e. The summed E-state index contributed by atoms with van der Waals surface area (Å²) in [6.07, 6.45) is 4.31. The van der Waals surface area contributed by atoms with Crippen LogP contribution in [0.1, 0.15) is 75.5 Å². The second-order valence-electron chi connectivity index (χ2n) is 13.0. The minimum atomic E-state index is -3.75. The van der Waals surface area contributed by atoms with Crippen molar-refractivity contribution in [1.29, 1.82) is 0 Å². The molecule has 0 aliphatic rings. The van der Waals surface area contributed by atoms with Gasteiger partial charge >= 0.3 is 5.69 Å². The van der Waals surface area contributed by atoms with Crippen molar-refractivity contribution in [3.63, 3.8) is 0 Å². The van der Waals surface area contributed by atoms with E-state index in [1.54, 1.807) is 33.5 Å². The smallest absolute Gasteiger partial charge is 0.279 e. The van der Waals surface area contributed by atoms with Crippen LogP contribution in [0.25, 0.3) is 11.3 Å². The molecule has 0 unspecified atom stereocenters. The van der Waals surface area contributed by atoms with E-state index in [0.29, 0.717) is 25.2 Å². The quantitative estimate of drug-likeness (QED) is 0.143. The lowest BCUT2D eigenvalue weighted by atomic mass is 9.87. The van der Waals surface area contributed by atoms with Gasteiger partial charge < -0.3 is 0 Å². The van der Waals surface area contributed by atoms with Crippen LogP contribution in [0.5, 0.6) is 0 Å². The van der Waals surface area contributed by atoms with Crippen molar-refractivity contribution in [2.45, 2.75) is 90.1 Å². The molecular formula is C38H45N5O3S. The normalized spacial score (nSPS) is 11.9. The molecule has 9 heteroatoms. The molecule has 47 heavy (non-hydrogen) atoms. The summed E-state index contributed by atoms with van der Waals surface area (Å²) in [7, 11) is -3.75. The molecule has 0 bridgehead atoms. The third-order valence-electron chi connectivity index (χ3n) is 8.34. The monoisotopic (exact) mass is 651 g/mol. The van der Waals surface area contributed by atoms with Gasteiger partial charge in [-0.2, -0.15) is 5.10 Å². The molecule has 2 aromatic heterocycles. The molecule has 0 fully saturated rings. The van der Waals surface area contributed by atoms with Crippen LogP contribution in [0.15, 0.2) is 101 Å². The highest BCUT2D eigenvalue weighted by Gasteiger charge is 2.17. The van der Waals surface area contributed by atoms with Gasteiger partial charge in [-0.1, -0.05) is 101 Å². The average molecular weight is 652 g/mol. The molecule has 0 amide bonds. The Labute approximate surface area is 278 Å². The van der Waals surface area contributed by atoms with Gasteiger partial charge in [0.25, 0.3) is 10.0 Å². The van der Waals surface area contributed by atoms with Gasteiger partial charge in [-0.3, -0.25) is 9.29 Å². The number of anilines is 1. The number of hydrogen-bond acceptors (Lipinski definition) is 5. The second-order valence-corrected chi connectivity index (χ2v) is 14.7. The van der Waals surface area contributed by atoms with Crippen molar-refractivity contribution in [1.82, 2.24) is 19.3 Å². The topological polar surface area (TPSA) is 98.9 Å². The standard InChI is InChI=1S/C38H45N5O3S/c1-6-10-28-19-25-33(26-20-28)47(45,46)41-35-13-9-12-34(39-35)31-21-15-29(16-22-31)11-8-14-36-40-43(37(44)42(36)7-2)27-30-17-23-32(24-18-30)38(3,4)5/h9,12-13,15-26H,6-8,10-11,14,27H2,1-5H3,(H,39,41). The summed E-state index contributed by atoms with van der Waals surface area (Å²) >= 11 is 0. The van der Waals surface area contributed by atoms with Crippen LogP contribution < -0.4 is 10.4 Å². The van der Waals surface area contributed by atoms with E-state index in [0.717, 1.165) is 48.2 Å². The van der Waals surface area contributed by atoms with Crippen LogP contribution in [0.4, 0.5) is 5.82 Å². The summed E-state index contributed by atoms with van der Waals surface area (Å²) in [4.78, 5) is 17.9. The van der Waals surface area contributed by atoms with Crippen molar-refractivity contribution >= 4 is 15.8 Å². The minimum absolute atomic E-state index is 0.0753. The van der Waals surface area contributed by atoms with Gasteiger partial charge in [0, 0.05) is 18.5 Å². The van der Waals surface area contributed by atoms with Crippen LogP contribution in [-0.4, -0.2) is 27.7 Å². The van der Waals surface area contributed by atoms with Crippen LogP contribution in [0.2, 0.25) is 0 Å². The van der Waals surface area contributed by atoms with Crippen LogP contribution >= 0.6 is 0 Å². The predicted octanol–water partition coefficient (Wildman–Crippen LogP) is 7.40. The first kappa shape index (κ1) is 33.9. The Morgan fingerprint density at radius 3 is 2.04 bits per heavy atom. The van der Waals surface area contributed by atoms with E-state index in [4.69, 9.17) is 5.10 Å². The van der Waals surface area contributed by atoms with Crippen molar-refractivity contribution in [2.24, 2.45) is 0 Å². The summed E-state index contributed by atoms with van der Waals surface area (Å²) in [6.45, 7) is 11.7. The SMILES string of the molecule is CCCc1ccc(S(=O)(=O)Nc2cccc(-c3ccc(CCCc4nn(Cc5ccc(C(C)(C)C)cc5)c(=O)n4CC)cc3)n2)cc1. The van der Waals surface area contributed by atoms with Crippen molar-refractivity contribution < 1.29 is 8.42 Å². The molecule has 3 aromatic carbocycles. The zero-order valence-electron chi connectivity index (χ0n) is 28.0. The van der Waals surface area contributed by atoms with Gasteiger partial charge in [-0.05, 0) is 78.1 Å². The van der Waals surface area contributed by atoms with E-state index in [1.807, 2.05) is 37.3 Å². The Morgan fingerprint density at radius 1 is 0.766 bits per heavy atom. The third kappa shape index (κ3) is 8.46. The number of pyridine rings is 1. The molecule has 0 aliphatic heterocycles. The van der Waals surface area contributed by atoms with Gasteiger partial charge in [-0.15, -0.1) is 0 Å². The molecule has 0 spiro atoms. The number of sulfonamides is 1. The van der Waals surface area contributed by atoms with Gasteiger partial charge in [-0.25, -0.2) is 22.9 Å². The molecule has 2 heterocycles. The molecule has 0 aliphatic carbocycles. The summed E-state index contributed by atoms with van der Waals surface area (Å²) in [5.74, 6) is 1.08. The molecule has 0 saturated heterocycles. The largest absolute Gasteiger partial charge is 0.346 e. The highest BCUT2D eigenvalue weighted by Crippen LogP contribution is 2.24. The highest BCUT2D eigenvalue weighted by atomic mass is 32.2. The van der Waals surface area contributed by atoms with Gasteiger partial charge in [0.1, 0.15) is 11.6 Å². The molecule has 0 saturated carbocycles. The first-order chi connectivity index (χ1) is 22.5. The predicted molar refractivity (Wildman–Crippen MR) is 189 cm³/mol. The van der Waals surface area contributed by atoms with Crippen molar-refractivity contribution in [2.75, 3.05) is 4.72 Å². The fourth-order valence-electron chi connectivity index (χ4n) is 5.64. The zero-order chi connectivity index (χ0) is 33.6. The van der Waals surface area contributed by atoms with Crippen LogP contribution in [0.3, 0.4) is 0 Å². The molecule has 0 atom stereocenters. The van der Waals surface area contributed by atoms with Gasteiger partial charge in [0.15, 0.2) is 0 Å². The zero-order valence-corrected chi connectivity index (χ0v) is 28.8. The fourth-order valence-corrected chi connectivity index (χ4v) is 6.64. The first-order valence-corrected chi connectivity index (χ1v) is 17.9. The van der Waals surface area contributed by atoms with Crippen molar-refractivity contribution in [3.8, 4) is 11.3 Å². The number of aryl methyl sites for hydroxylation is 3. The molecule has 246 valence electrons. The lowest BCUT2D eigenvalue weighted by Crippen LogP contribution is -2.25. The fraction of sp³-hybridized carbons (Fsp3) is 0.342. The molecule has 0 radical (unpaired) electrons. The van der Waals surface area contributed by atoms with E-state index in [1.165, 1.54) is 11.1 Å². The lowest BCUT2D eigenvalue weighted by Gasteiger charge is -2.19. The number of aromatic nitrogens is 4. The summed E-state index contributed by atoms with van der Waals surface area (Å²) in [5, 5.41) is 4.71. The van der Waals surface area contributed by atoms with Gasteiger partial charge in [0.2, 0.25) is 0 Å². The molecule has 5 aromatic rings. The van der Waals surface area contributed by atoms with E-state index < -0.39 is 10.0 Å². The van der Waals surface area contributed by atoms with Crippen LogP contribution in [-0.2, 0) is 47.8 Å².